The third-order valence-corrected chi connectivity index (χ3v) is 6.31. The van der Waals surface area contributed by atoms with Crippen LogP contribution >= 0.6 is 0 Å². The number of anilines is 2. The van der Waals surface area contributed by atoms with Crippen LogP contribution in [0.2, 0.25) is 0 Å². The van der Waals surface area contributed by atoms with Crippen molar-refractivity contribution >= 4 is 17.5 Å². The average molecular weight is 481 g/mol. The number of rotatable bonds is 6. The second-order valence-corrected chi connectivity index (χ2v) is 9.13. The standard InChI is InChI=1S/C28H28N6O2/c1-17-5-8-21(9-6-17)16-36-23-12-10-22(11-13-23)26-25(20(4)29-28-31-32-33-34(26)28)27(35)30-24-14-7-18(2)15-19(24)3/h5-15,26H,16H2,1-4H3,(H,30,35)(H,29,31,33). The summed E-state index contributed by atoms with van der Waals surface area (Å²) in [6.07, 6.45) is 0. The summed E-state index contributed by atoms with van der Waals surface area (Å²) in [6, 6.07) is 21.4. The lowest BCUT2D eigenvalue weighted by atomic mass is 9.94. The van der Waals surface area contributed by atoms with Crippen molar-refractivity contribution in [1.29, 1.82) is 0 Å². The van der Waals surface area contributed by atoms with Crippen molar-refractivity contribution in [2.24, 2.45) is 0 Å². The molecule has 0 bridgehead atoms. The third-order valence-electron chi connectivity index (χ3n) is 6.31. The Kier molecular flexibility index (Phi) is 6.25. The minimum absolute atomic E-state index is 0.210. The zero-order valence-corrected chi connectivity index (χ0v) is 20.7. The first-order valence-corrected chi connectivity index (χ1v) is 11.8. The Morgan fingerprint density at radius 1 is 0.972 bits per heavy atom. The number of fused-ring (bicyclic) bond motifs is 1. The highest BCUT2D eigenvalue weighted by atomic mass is 16.5. The Morgan fingerprint density at radius 2 is 1.69 bits per heavy atom. The van der Waals surface area contributed by atoms with Gasteiger partial charge in [0.15, 0.2) is 0 Å². The highest BCUT2D eigenvalue weighted by Crippen LogP contribution is 2.35. The minimum Gasteiger partial charge on any atom is -0.489 e. The van der Waals surface area contributed by atoms with Crippen LogP contribution in [0.4, 0.5) is 11.6 Å². The van der Waals surface area contributed by atoms with E-state index in [1.807, 2.05) is 63.2 Å². The van der Waals surface area contributed by atoms with Gasteiger partial charge in [-0.1, -0.05) is 64.8 Å². The van der Waals surface area contributed by atoms with E-state index in [1.54, 1.807) is 4.68 Å². The molecule has 3 aromatic carbocycles. The molecule has 0 saturated carbocycles. The number of hydrogen-bond donors (Lipinski definition) is 2. The van der Waals surface area contributed by atoms with Gasteiger partial charge in [-0.05, 0) is 73.0 Å². The summed E-state index contributed by atoms with van der Waals surface area (Å²) in [7, 11) is 0. The second kappa shape index (κ2) is 9.65. The maximum Gasteiger partial charge on any atom is 0.255 e. The molecular weight excluding hydrogens is 452 g/mol. The Bertz CT molecular complexity index is 1440. The summed E-state index contributed by atoms with van der Waals surface area (Å²) in [5, 5.41) is 18.3. The number of amides is 1. The first kappa shape index (κ1) is 23.3. The van der Waals surface area contributed by atoms with Crippen LogP contribution < -0.4 is 15.4 Å². The molecule has 0 spiro atoms. The van der Waals surface area contributed by atoms with Gasteiger partial charge in [0.05, 0.1) is 5.57 Å². The SMILES string of the molecule is CC1=C(C(=O)Nc2ccc(C)cc2C)C(c2ccc(OCc3ccc(C)cc3)cc2)n2nnnc2N1. The second-order valence-electron chi connectivity index (χ2n) is 9.13. The van der Waals surface area contributed by atoms with Crippen LogP contribution in [0.15, 0.2) is 78.0 Å². The lowest BCUT2D eigenvalue weighted by Gasteiger charge is -2.28. The molecule has 1 amide bonds. The number of tetrazole rings is 1. The largest absolute Gasteiger partial charge is 0.489 e. The van der Waals surface area contributed by atoms with E-state index in [4.69, 9.17) is 4.74 Å². The maximum atomic E-state index is 13.6. The van der Waals surface area contributed by atoms with Crippen LogP contribution in [0.25, 0.3) is 0 Å². The van der Waals surface area contributed by atoms with Crippen LogP contribution in [-0.4, -0.2) is 26.1 Å². The number of hydrogen-bond acceptors (Lipinski definition) is 6. The average Bonchev–Trinajstić information content (AvgIpc) is 3.33. The molecule has 1 aromatic heterocycles. The van der Waals surface area contributed by atoms with Gasteiger partial charge in [-0.3, -0.25) is 4.79 Å². The van der Waals surface area contributed by atoms with Gasteiger partial charge in [0.1, 0.15) is 18.4 Å². The molecule has 1 unspecified atom stereocenters. The monoisotopic (exact) mass is 480 g/mol. The Balaban J connectivity index is 1.41. The van der Waals surface area contributed by atoms with Gasteiger partial charge < -0.3 is 15.4 Å². The molecule has 8 nitrogen and oxygen atoms in total. The molecule has 2 N–H and O–H groups in total. The smallest absolute Gasteiger partial charge is 0.255 e. The lowest BCUT2D eigenvalue weighted by Crippen LogP contribution is -2.31. The molecule has 36 heavy (non-hydrogen) atoms. The molecule has 0 fully saturated rings. The van der Waals surface area contributed by atoms with Crippen LogP contribution in [0.1, 0.15) is 40.8 Å². The predicted octanol–water partition coefficient (Wildman–Crippen LogP) is 5.10. The van der Waals surface area contributed by atoms with E-state index >= 15 is 0 Å². The van der Waals surface area contributed by atoms with Crippen molar-refractivity contribution < 1.29 is 9.53 Å². The van der Waals surface area contributed by atoms with E-state index in [-0.39, 0.29) is 5.91 Å². The Hall–Kier alpha value is -4.46. The van der Waals surface area contributed by atoms with Crippen molar-refractivity contribution in [3.63, 3.8) is 0 Å². The number of carbonyl (C=O) groups excluding carboxylic acids is 1. The van der Waals surface area contributed by atoms with Crippen molar-refractivity contribution in [2.75, 3.05) is 10.6 Å². The highest BCUT2D eigenvalue weighted by Gasteiger charge is 2.34. The van der Waals surface area contributed by atoms with Gasteiger partial charge in [-0.15, -0.1) is 0 Å². The number of nitrogens with zero attached hydrogens (tertiary/aromatic N) is 4. The number of benzene rings is 3. The molecule has 4 aromatic rings. The number of carbonyl (C=O) groups is 1. The molecule has 182 valence electrons. The molecular formula is C28H28N6O2. The maximum absolute atomic E-state index is 13.6. The van der Waals surface area contributed by atoms with Crippen LogP contribution in [0, 0.1) is 20.8 Å². The molecule has 1 aliphatic rings. The fraction of sp³-hybridized carbons (Fsp3) is 0.214. The molecule has 0 aliphatic carbocycles. The fourth-order valence-corrected chi connectivity index (χ4v) is 4.36. The normalized spacial score (nSPS) is 14.7. The summed E-state index contributed by atoms with van der Waals surface area (Å²) < 4.78 is 7.61. The van der Waals surface area contributed by atoms with Gasteiger partial charge in [-0.25, -0.2) is 0 Å². The first-order chi connectivity index (χ1) is 17.4. The summed E-state index contributed by atoms with van der Waals surface area (Å²) in [4.78, 5) is 13.6. The van der Waals surface area contributed by atoms with Crippen molar-refractivity contribution in [3.05, 3.63) is 106 Å². The fourth-order valence-electron chi connectivity index (χ4n) is 4.36. The van der Waals surface area contributed by atoms with Crippen molar-refractivity contribution in [3.8, 4) is 5.75 Å². The number of aryl methyl sites for hydroxylation is 3. The van der Waals surface area contributed by atoms with E-state index in [0.717, 1.165) is 33.7 Å². The van der Waals surface area contributed by atoms with Gasteiger partial charge in [0, 0.05) is 11.4 Å². The zero-order chi connectivity index (χ0) is 25.2. The molecule has 5 rings (SSSR count). The number of allylic oxidation sites excluding steroid dienone is 1. The zero-order valence-electron chi connectivity index (χ0n) is 20.7. The molecule has 8 heteroatoms. The van der Waals surface area contributed by atoms with Crippen LogP contribution in [0.5, 0.6) is 5.75 Å². The van der Waals surface area contributed by atoms with Crippen molar-refractivity contribution in [1.82, 2.24) is 20.2 Å². The van der Waals surface area contributed by atoms with Crippen LogP contribution in [-0.2, 0) is 11.4 Å². The predicted molar refractivity (Wildman–Crippen MR) is 139 cm³/mol. The molecule has 1 aliphatic heterocycles. The van der Waals surface area contributed by atoms with E-state index in [1.165, 1.54) is 5.56 Å². The van der Waals surface area contributed by atoms with Crippen molar-refractivity contribution in [2.45, 2.75) is 40.3 Å². The van der Waals surface area contributed by atoms with Gasteiger partial charge in [0.25, 0.3) is 5.91 Å². The first-order valence-electron chi connectivity index (χ1n) is 11.8. The quantitative estimate of drug-likeness (QED) is 0.399. The summed E-state index contributed by atoms with van der Waals surface area (Å²) in [5.41, 5.74) is 7.34. The number of aromatic nitrogens is 4. The van der Waals surface area contributed by atoms with E-state index < -0.39 is 6.04 Å². The molecule has 2 heterocycles. The summed E-state index contributed by atoms with van der Waals surface area (Å²) in [5.74, 6) is 1.02. The van der Waals surface area contributed by atoms with Gasteiger partial charge in [-0.2, -0.15) is 4.68 Å². The van der Waals surface area contributed by atoms with Gasteiger partial charge >= 0.3 is 0 Å². The Labute approximate surface area is 210 Å². The van der Waals surface area contributed by atoms with E-state index in [0.29, 0.717) is 23.8 Å². The van der Waals surface area contributed by atoms with E-state index in [2.05, 4.69) is 57.3 Å². The molecule has 0 saturated heterocycles. The Morgan fingerprint density at radius 3 is 2.42 bits per heavy atom. The molecule has 1 atom stereocenters. The lowest BCUT2D eigenvalue weighted by molar-refractivity contribution is -0.113. The summed E-state index contributed by atoms with van der Waals surface area (Å²) >= 11 is 0. The van der Waals surface area contributed by atoms with Gasteiger partial charge in [0.2, 0.25) is 5.95 Å². The number of nitrogens with one attached hydrogen (secondary N) is 2. The molecule has 0 radical (unpaired) electrons. The topological polar surface area (TPSA) is 94.0 Å². The van der Waals surface area contributed by atoms with Crippen LogP contribution in [0.3, 0.4) is 0 Å². The third kappa shape index (κ3) is 4.70. The highest BCUT2D eigenvalue weighted by molar-refractivity contribution is 6.06. The van der Waals surface area contributed by atoms with E-state index in [9.17, 15) is 4.79 Å². The minimum atomic E-state index is -0.492. The summed E-state index contributed by atoms with van der Waals surface area (Å²) in [6.45, 7) is 8.41. The number of ether oxygens (including phenoxy) is 1.